The van der Waals surface area contributed by atoms with Crippen LogP contribution in [0, 0.1) is 5.92 Å². The number of nitrogens with two attached hydrogens (primary N) is 1. The summed E-state index contributed by atoms with van der Waals surface area (Å²) in [6, 6.07) is 7.43. The van der Waals surface area contributed by atoms with E-state index in [0.29, 0.717) is 0 Å². The van der Waals surface area contributed by atoms with Crippen LogP contribution in [0.2, 0.25) is 0 Å². The molecule has 0 aromatic heterocycles. The zero-order valence-corrected chi connectivity index (χ0v) is 12.7. The Morgan fingerprint density at radius 3 is 2.67 bits per heavy atom. The third kappa shape index (κ3) is 4.10. The Labute approximate surface area is 117 Å². The second kappa shape index (κ2) is 6.90. The normalized spacial score (nSPS) is 15.8. The lowest BCUT2D eigenvalue weighted by atomic mass is 9.98. The number of benzene rings is 1. The first kappa shape index (κ1) is 15.2. The number of hydrogen-bond donors (Lipinski definition) is 2. The molecule has 0 saturated carbocycles. The molecule has 18 heavy (non-hydrogen) atoms. The van der Waals surface area contributed by atoms with Gasteiger partial charge in [-0.1, -0.05) is 48.3 Å². The Balaban J connectivity index is 2.65. The molecule has 0 aliphatic carbocycles. The van der Waals surface area contributed by atoms with Crippen molar-refractivity contribution in [2.45, 2.75) is 39.3 Å². The van der Waals surface area contributed by atoms with E-state index < -0.39 is 6.04 Å². The van der Waals surface area contributed by atoms with Gasteiger partial charge in [-0.05, 0) is 30.5 Å². The largest absolute Gasteiger partial charge is 0.348 e. The number of amides is 1. The lowest BCUT2D eigenvalue weighted by Gasteiger charge is -2.21. The van der Waals surface area contributed by atoms with E-state index in [1.54, 1.807) is 0 Å². The Morgan fingerprint density at radius 1 is 1.44 bits per heavy atom. The summed E-state index contributed by atoms with van der Waals surface area (Å²) in [5.74, 6) is 0.108. The highest BCUT2D eigenvalue weighted by atomic mass is 79.9. The SMILES string of the molecule is CCC(C)C(N)C(=O)N[C@H](C)c1cccc(Br)c1. The van der Waals surface area contributed by atoms with Crippen molar-refractivity contribution in [3.8, 4) is 0 Å². The highest BCUT2D eigenvalue weighted by Gasteiger charge is 2.21. The lowest BCUT2D eigenvalue weighted by molar-refractivity contribution is -0.124. The Hall–Kier alpha value is -0.870. The van der Waals surface area contributed by atoms with Crippen LogP contribution in [0.3, 0.4) is 0 Å². The van der Waals surface area contributed by atoms with Crippen molar-refractivity contribution in [3.05, 3.63) is 34.3 Å². The number of carbonyl (C=O) groups excluding carboxylic acids is 1. The molecule has 3 atom stereocenters. The number of hydrogen-bond acceptors (Lipinski definition) is 2. The van der Waals surface area contributed by atoms with E-state index in [1.165, 1.54) is 0 Å². The standard InChI is InChI=1S/C14H21BrN2O/c1-4-9(2)13(16)14(18)17-10(3)11-6-5-7-12(15)8-11/h5-10,13H,4,16H2,1-3H3,(H,17,18)/t9?,10-,13?/m1/s1. The van der Waals surface area contributed by atoms with Gasteiger partial charge in [-0.25, -0.2) is 0 Å². The van der Waals surface area contributed by atoms with E-state index in [2.05, 4.69) is 21.2 Å². The van der Waals surface area contributed by atoms with Crippen molar-refractivity contribution in [3.63, 3.8) is 0 Å². The first-order valence-corrected chi connectivity index (χ1v) is 7.06. The summed E-state index contributed by atoms with van der Waals surface area (Å²) in [6.45, 7) is 5.99. The van der Waals surface area contributed by atoms with Crippen LogP contribution in [0.4, 0.5) is 0 Å². The fourth-order valence-corrected chi connectivity index (χ4v) is 2.10. The molecule has 0 aliphatic rings. The van der Waals surface area contributed by atoms with E-state index in [4.69, 9.17) is 5.73 Å². The van der Waals surface area contributed by atoms with E-state index in [-0.39, 0.29) is 17.9 Å². The maximum Gasteiger partial charge on any atom is 0.237 e. The number of rotatable bonds is 5. The van der Waals surface area contributed by atoms with Crippen molar-refractivity contribution in [2.24, 2.45) is 11.7 Å². The van der Waals surface area contributed by atoms with Crippen LogP contribution in [0.1, 0.15) is 38.8 Å². The molecular weight excluding hydrogens is 292 g/mol. The van der Waals surface area contributed by atoms with Crippen LogP contribution in [0.5, 0.6) is 0 Å². The van der Waals surface area contributed by atoms with Crippen molar-refractivity contribution < 1.29 is 4.79 Å². The minimum atomic E-state index is -0.440. The summed E-state index contributed by atoms with van der Waals surface area (Å²) < 4.78 is 1.01. The minimum absolute atomic E-state index is 0.0369. The van der Waals surface area contributed by atoms with Gasteiger partial charge in [0.05, 0.1) is 12.1 Å². The third-order valence-electron chi connectivity index (χ3n) is 3.27. The maximum atomic E-state index is 12.0. The van der Waals surface area contributed by atoms with E-state index in [0.717, 1.165) is 16.5 Å². The fraction of sp³-hybridized carbons (Fsp3) is 0.500. The van der Waals surface area contributed by atoms with Crippen molar-refractivity contribution >= 4 is 21.8 Å². The van der Waals surface area contributed by atoms with Gasteiger partial charge >= 0.3 is 0 Å². The van der Waals surface area contributed by atoms with Crippen LogP contribution in [-0.4, -0.2) is 11.9 Å². The average molecular weight is 313 g/mol. The summed E-state index contributed by atoms with van der Waals surface area (Å²) >= 11 is 3.42. The summed E-state index contributed by atoms with van der Waals surface area (Å²) in [5.41, 5.74) is 6.97. The molecule has 100 valence electrons. The molecule has 2 unspecified atom stereocenters. The number of halogens is 1. The van der Waals surface area contributed by atoms with Crippen LogP contribution < -0.4 is 11.1 Å². The Kier molecular flexibility index (Phi) is 5.82. The molecule has 1 rings (SSSR count). The van der Waals surface area contributed by atoms with E-state index in [1.807, 2.05) is 45.0 Å². The molecular formula is C14H21BrN2O. The van der Waals surface area contributed by atoms with Crippen molar-refractivity contribution in [1.29, 1.82) is 0 Å². The van der Waals surface area contributed by atoms with Crippen molar-refractivity contribution in [1.82, 2.24) is 5.32 Å². The number of carbonyl (C=O) groups is 1. The summed E-state index contributed by atoms with van der Waals surface area (Å²) in [4.78, 5) is 12.0. The number of nitrogens with one attached hydrogen (secondary N) is 1. The van der Waals surface area contributed by atoms with Crippen LogP contribution in [-0.2, 0) is 4.79 Å². The molecule has 1 aromatic carbocycles. The summed E-state index contributed by atoms with van der Waals surface area (Å²) in [6.07, 6.45) is 0.903. The van der Waals surface area contributed by atoms with Gasteiger partial charge in [0.2, 0.25) is 5.91 Å². The van der Waals surface area contributed by atoms with Gasteiger partial charge in [0.15, 0.2) is 0 Å². The molecule has 1 amide bonds. The van der Waals surface area contributed by atoms with Gasteiger partial charge in [-0.2, -0.15) is 0 Å². The molecule has 1 aromatic rings. The molecule has 0 fully saturated rings. The van der Waals surface area contributed by atoms with Gasteiger partial charge in [-0.15, -0.1) is 0 Å². The molecule has 3 nitrogen and oxygen atoms in total. The Morgan fingerprint density at radius 2 is 2.11 bits per heavy atom. The molecule has 0 heterocycles. The molecule has 3 N–H and O–H groups in total. The first-order valence-electron chi connectivity index (χ1n) is 6.27. The van der Waals surface area contributed by atoms with Gasteiger partial charge < -0.3 is 11.1 Å². The third-order valence-corrected chi connectivity index (χ3v) is 3.76. The quantitative estimate of drug-likeness (QED) is 0.878. The second-order valence-corrected chi connectivity index (χ2v) is 5.61. The smallest absolute Gasteiger partial charge is 0.237 e. The lowest BCUT2D eigenvalue weighted by Crippen LogP contribution is -2.45. The van der Waals surface area contributed by atoms with Gasteiger partial charge in [0.25, 0.3) is 0 Å². The topological polar surface area (TPSA) is 55.1 Å². The van der Waals surface area contributed by atoms with Crippen LogP contribution in [0.25, 0.3) is 0 Å². The summed E-state index contributed by atoms with van der Waals surface area (Å²) in [7, 11) is 0. The van der Waals surface area contributed by atoms with Crippen molar-refractivity contribution in [2.75, 3.05) is 0 Å². The molecule has 0 spiro atoms. The minimum Gasteiger partial charge on any atom is -0.348 e. The highest BCUT2D eigenvalue weighted by molar-refractivity contribution is 9.10. The highest BCUT2D eigenvalue weighted by Crippen LogP contribution is 2.18. The van der Waals surface area contributed by atoms with Crippen LogP contribution in [0.15, 0.2) is 28.7 Å². The average Bonchev–Trinajstić information content (AvgIpc) is 2.36. The van der Waals surface area contributed by atoms with E-state index >= 15 is 0 Å². The molecule has 0 aliphatic heterocycles. The zero-order valence-electron chi connectivity index (χ0n) is 11.1. The van der Waals surface area contributed by atoms with Gasteiger partial charge in [-0.3, -0.25) is 4.79 Å². The fourth-order valence-electron chi connectivity index (χ4n) is 1.68. The van der Waals surface area contributed by atoms with Gasteiger partial charge in [0, 0.05) is 4.47 Å². The molecule has 0 bridgehead atoms. The van der Waals surface area contributed by atoms with Crippen LogP contribution >= 0.6 is 15.9 Å². The molecule has 0 saturated heterocycles. The molecule has 4 heteroatoms. The van der Waals surface area contributed by atoms with Gasteiger partial charge in [0.1, 0.15) is 0 Å². The second-order valence-electron chi connectivity index (χ2n) is 4.70. The maximum absolute atomic E-state index is 12.0. The zero-order chi connectivity index (χ0) is 13.7. The predicted molar refractivity (Wildman–Crippen MR) is 78.1 cm³/mol. The predicted octanol–water partition coefficient (Wildman–Crippen LogP) is 3.00. The Bertz CT molecular complexity index is 409. The molecule has 0 radical (unpaired) electrons. The van der Waals surface area contributed by atoms with E-state index in [9.17, 15) is 4.79 Å². The summed E-state index contributed by atoms with van der Waals surface area (Å²) in [5, 5.41) is 2.95. The first-order chi connectivity index (χ1) is 8.45. The monoisotopic (exact) mass is 312 g/mol.